The van der Waals surface area contributed by atoms with Crippen LogP contribution in [0.4, 0.5) is 0 Å². The average molecular weight is 257 g/mol. The molecule has 0 aliphatic rings. The van der Waals surface area contributed by atoms with Crippen LogP contribution in [0.5, 0.6) is 0 Å². The Morgan fingerprint density at radius 2 is 2.06 bits per heavy atom. The van der Waals surface area contributed by atoms with E-state index in [1.807, 2.05) is 13.0 Å². The van der Waals surface area contributed by atoms with E-state index >= 15 is 0 Å². The smallest absolute Gasteiger partial charge is 0.243 e. The molecule has 1 atom stereocenters. The molecule has 0 saturated carbocycles. The fraction of sp³-hybridized carbons (Fsp3) is 0.500. The Balaban J connectivity index is 3.12. The molecule has 0 amide bonds. The molecule has 1 rings (SSSR count). The molecule has 5 heteroatoms. The second kappa shape index (κ2) is 5.62. The van der Waals surface area contributed by atoms with Gasteiger partial charge in [-0.3, -0.25) is 0 Å². The van der Waals surface area contributed by atoms with E-state index in [1.165, 1.54) is 11.4 Å². The van der Waals surface area contributed by atoms with E-state index in [4.69, 9.17) is 5.11 Å². The largest absolute Gasteiger partial charge is 0.395 e. The quantitative estimate of drug-likeness (QED) is 0.863. The van der Waals surface area contributed by atoms with Gasteiger partial charge in [-0.05, 0) is 31.0 Å². The van der Waals surface area contributed by atoms with Gasteiger partial charge in [0, 0.05) is 13.1 Å². The molecule has 0 saturated heterocycles. The number of aliphatic hydroxyl groups is 1. The second-order valence-corrected chi connectivity index (χ2v) is 6.05. The van der Waals surface area contributed by atoms with Crippen LogP contribution in [0.1, 0.15) is 19.4 Å². The zero-order valence-corrected chi connectivity index (χ0v) is 11.2. The molecule has 17 heavy (non-hydrogen) atoms. The SMILES string of the molecule is CCc1cccc(S(=O)(=O)N(C)C(C)CO)c1. The number of aliphatic hydroxyl groups excluding tert-OH is 1. The Kier molecular flexibility index (Phi) is 4.68. The third-order valence-corrected chi connectivity index (χ3v) is 4.84. The van der Waals surface area contributed by atoms with Crippen molar-refractivity contribution in [2.75, 3.05) is 13.7 Å². The molecule has 0 radical (unpaired) electrons. The van der Waals surface area contributed by atoms with Crippen LogP contribution in [0.3, 0.4) is 0 Å². The summed E-state index contributed by atoms with van der Waals surface area (Å²) in [6.45, 7) is 3.45. The molecule has 1 N–H and O–H groups in total. The van der Waals surface area contributed by atoms with Gasteiger partial charge in [0.25, 0.3) is 0 Å². The average Bonchev–Trinajstić information content (AvgIpc) is 2.36. The molecule has 0 aromatic heterocycles. The maximum Gasteiger partial charge on any atom is 0.243 e. The molecule has 96 valence electrons. The summed E-state index contributed by atoms with van der Waals surface area (Å²) >= 11 is 0. The van der Waals surface area contributed by atoms with Gasteiger partial charge in [-0.15, -0.1) is 0 Å². The third-order valence-electron chi connectivity index (χ3n) is 2.87. The summed E-state index contributed by atoms with van der Waals surface area (Å²) in [7, 11) is -2.03. The van der Waals surface area contributed by atoms with Gasteiger partial charge in [-0.25, -0.2) is 8.42 Å². The molecule has 0 aliphatic carbocycles. The Morgan fingerprint density at radius 3 is 2.59 bits per heavy atom. The molecule has 0 bridgehead atoms. The molecule has 4 nitrogen and oxygen atoms in total. The highest BCUT2D eigenvalue weighted by Gasteiger charge is 2.24. The van der Waals surface area contributed by atoms with Crippen molar-refractivity contribution in [3.63, 3.8) is 0 Å². The minimum atomic E-state index is -3.51. The summed E-state index contributed by atoms with van der Waals surface area (Å²) in [5, 5.41) is 9.01. The van der Waals surface area contributed by atoms with Crippen molar-refractivity contribution in [2.24, 2.45) is 0 Å². The van der Waals surface area contributed by atoms with Crippen LogP contribution in [0.15, 0.2) is 29.2 Å². The number of aryl methyl sites for hydroxylation is 1. The van der Waals surface area contributed by atoms with Gasteiger partial charge in [-0.2, -0.15) is 4.31 Å². The summed E-state index contributed by atoms with van der Waals surface area (Å²) in [5.74, 6) is 0. The van der Waals surface area contributed by atoms with E-state index < -0.39 is 16.1 Å². The summed E-state index contributed by atoms with van der Waals surface area (Å²) in [4.78, 5) is 0.277. The van der Waals surface area contributed by atoms with Crippen molar-refractivity contribution >= 4 is 10.0 Å². The molecule has 1 aromatic rings. The topological polar surface area (TPSA) is 57.6 Å². The lowest BCUT2D eigenvalue weighted by Gasteiger charge is -2.22. The number of benzene rings is 1. The zero-order valence-electron chi connectivity index (χ0n) is 10.4. The Bertz CT molecular complexity index is 470. The van der Waals surface area contributed by atoms with Crippen LogP contribution in [-0.2, 0) is 16.4 Å². The lowest BCUT2D eigenvalue weighted by molar-refractivity contribution is 0.214. The maximum absolute atomic E-state index is 12.2. The van der Waals surface area contributed by atoms with Crippen LogP contribution < -0.4 is 0 Å². The van der Waals surface area contributed by atoms with Crippen LogP contribution in [0, 0.1) is 0 Å². The first-order chi connectivity index (χ1) is 7.93. The number of nitrogens with zero attached hydrogens (tertiary/aromatic N) is 1. The number of hydrogen-bond donors (Lipinski definition) is 1. The molecule has 0 fully saturated rings. The monoisotopic (exact) mass is 257 g/mol. The fourth-order valence-electron chi connectivity index (χ4n) is 1.44. The minimum Gasteiger partial charge on any atom is -0.395 e. The van der Waals surface area contributed by atoms with Gasteiger partial charge in [0.1, 0.15) is 0 Å². The first-order valence-electron chi connectivity index (χ1n) is 5.61. The number of rotatable bonds is 5. The van der Waals surface area contributed by atoms with Crippen LogP contribution in [-0.4, -0.2) is 37.5 Å². The van der Waals surface area contributed by atoms with Gasteiger partial charge in [-0.1, -0.05) is 19.1 Å². The summed E-state index contributed by atoms with van der Waals surface area (Å²) < 4.78 is 25.6. The van der Waals surface area contributed by atoms with E-state index in [1.54, 1.807) is 25.1 Å². The van der Waals surface area contributed by atoms with Gasteiger partial charge >= 0.3 is 0 Å². The van der Waals surface area contributed by atoms with Gasteiger partial charge in [0.15, 0.2) is 0 Å². The van der Waals surface area contributed by atoms with E-state index in [0.717, 1.165) is 12.0 Å². The first-order valence-corrected chi connectivity index (χ1v) is 7.05. The molecule has 0 heterocycles. The van der Waals surface area contributed by atoms with Gasteiger partial charge < -0.3 is 5.11 Å². The Labute approximate surface area is 103 Å². The Hall–Kier alpha value is -0.910. The second-order valence-electron chi connectivity index (χ2n) is 4.05. The number of likely N-dealkylation sites (N-methyl/N-ethyl adjacent to an activating group) is 1. The standard InChI is InChI=1S/C12H19NO3S/c1-4-11-6-5-7-12(8-11)17(15,16)13(3)10(2)9-14/h5-8,10,14H,4,9H2,1-3H3. The first kappa shape index (κ1) is 14.2. The lowest BCUT2D eigenvalue weighted by Crippen LogP contribution is -2.37. The predicted octanol–water partition coefficient (Wildman–Crippen LogP) is 1.25. The van der Waals surface area contributed by atoms with Gasteiger partial charge in [0.2, 0.25) is 10.0 Å². The third kappa shape index (κ3) is 3.06. The number of hydrogen-bond acceptors (Lipinski definition) is 3. The zero-order chi connectivity index (χ0) is 13.1. The molecule has 1 unspecified atom stereocenters. The highest BCUT2D eigenvalue weighted by molar-refractivity contribution is 7.89. The predicted molar refractivity (Wildman–Crippen MR) is 67.3 cm³/mol. The number of sulfonamides is 1. The summed E-state index contributed by atoms with van der Waals surface area (Å²) in [5.41, 5.74) is 0.983. The minimum absolute atomic E-state index is 0.191. The van der Waals surface area contributed by atoms with Crippen molar-refractivity contribution in [3.05, 3.63) is 29.8 Å². The highest BCUT2D eigenvalue weighted by Crippen LogP contribution is 2.17. The van der Waals surface area contributed by atoms with E-state index in [0.29, 0.717) is 0 Å². The van der Waals surface area contributed by atoms with Crippen molar-refractivity contribution in [1.82, 2.24) is 4.31 Å². The molecule has 0 spiro atoms. The molecular formula is C12H19NO3S. The van der Waals surface area contributed by atoms with Crippen molar-refractivity contribution in [1.29, 1.82) is 0 Å². The molecule has 0 aliphatic heterocycles. The molecular weight excluding hydrogens is 238 g/mol. The van der Waals surface area contributed by atoms with Gasteiger partial charge in [0.05, 0.1) is 11.5 Å². The van der Waals surface area contributed by atoms with E-state index in [-0.39, 0.29) is 11.5 Å². The van der Waals surface area contributed by atoms with Crippen molar-refractivity contribution < 1.29 is 13.5 Å². The van der Waals surface area contributed by atoms with E-state index in [9.17, 15) is 8.42 Å². The summed E-state index contributed by atoms with van der Waals surface area (Å²) in [6.07, 6.45) is 0.794. The summed E-state index contributed by atoms with van der Waals surface area (Å²) in [6, 6.07) is 6.47. The van der Waals surface area contributed by atoms with Crippen LogP contribution >= 0.6 is 0 Å². The van der Waals surface area contributed by atoms with E-state index in [2.05, 4.69) is 0 Å². The van der Waals surface area contributed by atoms with Crippen molar-refractivity contribution in [2.45, 2.75) is 31.2 Å². The Morgan fingerprint density at radius 1 is 1.41 bits per heavy atom. The van der Waals surface area contributed by atoms with Crippen LogP contribution in [0.2, 0.25) is 0 Å². The van der Waals surface area contributed by atoms with Crippen molar-refractivity contribution in [3.8, 4) is 0 Å². The lowest BCUT2D eigenvalue weighted by atomic mass is 10.2. The highest BCUT2D eigenvalue weighted by atomic mass is 32.2. The molecule has 1 aromatic carbocycles. The fourth-order valence-corrected chi connectivity index (χ4v) is 2.87. The van der Waals surface area contributed by atoms with Crippen LogP contribution in [0.25, 0.3) is 0 Å². The maximum atomic E-state index is 12.2. The normalized spacial score (nSPS) is 13.9.